The lowest BCUT2D eigenvalue weighted by Gasteiger charge is -2.13. The molecule has 0 saturated heterocycles. The highest BCUT2D eigenvalue weighted by atomic mass is 19.1. The number of carbonyl (C=O) groups excluding carboxylic acids is 2. The maximum absolute atomic E-state index is 13.4. The second kappa shape index (κ2) is 11.1. The topological polar surface area (TPSA) is 93.5 Å². The first-order valence-corrected chi connectivity index (χ1v) is 11.1. The summed E-state index contributed by atoms with van der Waals surface area (Å²) in [6.07, 6.45) is 3.03. The average Bonchev–Trinajstić information content (AvgIpc) is 3.34. The molecule has 0 unspecified atom stereocenters. The standard InChI is InChI=1S/C27H24FN3O4/c1-34-23-14-13-21(16-22(23)31-27(33)19-9-5-10-20(28)15-19)30-25(32)11-6-12-26-29-17-24(35-26)18-7-3-2-4-8-18/h2-5,7-10,13-17H,6,11-12H2,1H3,(H,30,32)(H,31,33). The van der Waals surface area contributed by atoms with Crippen molar-refractivity contribution in [2.75, 3.05) is 17.7 Å². The number of carbonyl (C=O) groups is 2. The molecule has 0 fully saturated rings. The highest BCUT2D eigenvalue weighted by molar-refractivity contribution is 6.05. The number of methoxy groups -OCH3 is 1. The van der Waals surface area contributed by atoms with E-state index < -0.39 is 11.7 Å². The molecular weight excluding hydrogens is 449 g/mol. The van der Waals surface area contributed by atoms with Crippen LogP contribution >= 0.6 is 0 Å². The van der Waals surface area contributed by atoms with E-state index in [1.54, 1.807) is 24.4 Å². The van der Waals surface area contributed by atoms with Gasteiger partial charge in [-0.15, -0.1) is 0 Å². The Morgan fingerprint density at radius 1 is 1.00 bits per heavy atom. The number of rotatable bonds is 9. The second-order valence-corrected chi connectivity index (χ2v) is 7.77. The number of nitrogens with one attached hydrogen (secondary N) is 2. The van der Waals surface area contributed by atoms with Gasteiger partial charge in [-0.3, -0.25) is 9.59 Å². The van der Waals surface area contributed by atoms with Gasteiger partial charge in [0.15, 0.2) is 11.7 Å². The summed E-state index contributed by atoms with van der Waals surface area (Å²) in [6.45, 7) is 0. The Morgan fingerprint density at radius 3 is 2.60 bits per heavy atom. The molecule has 2 amide bonds. The number of oxazole rings is 1. The van der Waals surface area contributed by atoms with Crippen LogP contribution < -0.4 is 15.4 Å². The predicted octanol–water partition coefficient (Wildman–Crippen LogP) is 5.70. The third kappa shape index (κ3) is 6.32. The Bertz CT molecular complexity index is 1320. The molecule has 2 N–H and O–H groups in total. The molecule has 4 aromatic rings. The molecule has 1 heterocycles. The summed E-state index contributed by atoms with van der Waals surface area (Å²) in [5.41, 5.74) is 1.97. The van der Waals surface area contributed by atoms with Gasteiger partial charge in [-0.1, -0.05) is 36.4 Å². The minimum absolute atomic E-state index is 0.170. The number of aromatic nitrogens is 1. The van der Waals surface area contributed by atoms with E-state index in [9.17, 15) is 14.0 Å². The van der Waals surface area contributed by atoms with E-state index in [0.29, 0.717) is 41.6 Å². The molecule has 0 aliphatic rings. The number of anilines is 2. The van der Waals surface area contributed by atoms with Crippen molar-refractivity contribution < 1.29 is 23.1 Å². The van der Waals surface area contributed by atoms with Crippen molar-refractivity contribution in [2.24, 2.45) is 0 Å². The lowest BCUT2D eigenvalue weighted by molar-refractivity contribution is -0.116. The molecule has 0 radical (unpaired) electrons. The molecule has 7 nitrogen and oxygen atoms in total. The van der Waals surface area contributed by atoms with Crippen LogP contribution in [-0.4, -0.2) is 23.9 Å². The highest BCUT2D eigenvalue weighted by Gasteiger charge is 2.13. The zero-order chi connectivity index (χ0) is 24.6. The van der Waals surface area contributed by atoms with E-state index in [-0.39, 0.29) is 17.9 Å². The predicted molar refractivity (Wildman–Crippen MR) is 131 cm³/mol. The van der Waals surface area contributed by atoms with Gasteiger partial charge in [-0.25, -0.2) is 9.37 Å². The number of ether oxygens (including phenoxy) is 1. The molecule has 3 aromatic carbocycles. The van der Waals surface area contributed by atoms with Crippen molar-refractivity contribution >= 4 is 23.2 Å². The van der Waals surface area contributed by atoms with Crippen LogP contribution in [-0.2, 0) is 11.2 Å². The molecule has 4 rings (SSSR count). The molecule has 35 heavy (non-hydrogen) atoms. The third-order valence-corrected chi connectivity index (χ3v) is 5.22. The number of amides is 2. The maximum Gasteiger partial charge on any atom is 0.255 e. The van der Waals surface area contributed by atoms with Crippen molar-refractivity contribution in [1.29, 1.82) is 0 Å². The van der Waals surface area contributed by atoms with Crippen LogP contribution in [0.4, 0.5) is 15.8 Å². The number of aryl methyl sites for hydroxylation is 1. The van der Waals surface area contributed by atoms with Gasteiger partial charge < -0.3 is 19.8 Å². The molecule has 0 spiro atoms. The summed E-state index contributed by atoms with van der Waals surface area (Å²) in [5.74, 6) is 0.483. The lowest BCUT2D eigenvalue weighted by Crippen LogP contribution is -2.14. The Balaban J connectivity index is 1.33. The van der Waals surface area contributed by atoms with E-state index in [1.165, 1.54) is 25.3 Å². The van der Waals surface area contributed by atoms with Gasteiger partial charge in [-0.2, -0.15) is 0 Å². The number of nitrogens with zero attached hydrogens (tertiary/aromatic N) is 1. The van der Waals surface area contributed by atoms with Crippen molar-refractivity contribution in [2.45, 2.75) is 19.3 Å². The maximum atomic E-state index is 13.4. The average molecular weight is 474 g/mol. The normalized spacial score (nSPS) is 10.6. The fourth-order valence-corrected chi connectivity index (χ4v) is 3.49. The summed E-state index contributed by atoms with van der Waals surface area (Å²) in [4.78, 5) is 29.2. The van der Waals surface area contributed by atoms with E-state index in [0.717, 1.165) is 11.6 Å². The lowest BCUT2D eigenvalue weighted by atomic mass is 10.2. The molecule has 0 aliphatic carbocycles. The zero-order valence-corrected chi connectivity index (χ0v) is 19.1. The van der Waals surface area contributed by atoms with Crippen LogP contribution in [0.3, 0.4) is 0 Å². The van der Waals surface area contributed by atoms with Gasteiger partial charge in [0, 0.05) is 29.7 Å². The minimum atomic E-state index is -0.508. The Hall–Kier alpha value is -4.46. The zero-order valence-electron chi connectivity index (χ0n) is 19.1. The fourth-order valence-electron chi connectivity index (χ4n) is 3.49. The summed E-state index contributed by atoms with van der Waals surface area (Å²) >= 11 is 0. The smallest absolute Gasteiger partial charge is 0.255 e. The van der Waals surface area contributed by atoms with E-state index in [4.69, 9.17) is 9.15 Å². The molecule has 1 aromatic heterocycles. The van der Waals surface area contributed by atoms with E-state index >= 15 is 0 Å². The largest absolute Gasteiger partial charge is 0.495 e. The minimum Gasteiger partial charge on any atom is -0.495 e. The number of halogens is 1. The fraction of sp³-hybridized carbons (Fsp3) is 0.148. The number of benzene rings is 3. The van der Waals surface area contributed by atoms with Crippen LogP contribution in [0.1, 0.15) is 29.1 Å². The number of hydrogen-bond acceptors (Lipinski definition) is 5. The van der Waals surface area contributed by atoms with E-state index in [1.807, 2.05) is 30.3 Å². The van der Waals surface area contributed by atoms with Crippen molar-refractivity contribution in [3.63, 3.8) is 0 Å². The van der Waals surface area contributed by atoms with Crippen LogP contribution in [0.5, 0.6) is 5.75 Å². The number of hydrogen-bond donors (Lipinski definition) is 2. The molecule has 178 valence electrons. The van der Waals surface area contributed by atoms with Crippen LogP contribution in [0, 0.1) is 5.82 Å². The van der Waals surface area contributed by atoms with Gasteiger partial charge in [0.2, 0.25) is 5.91 Å². The summed E-state index contributed by atoms with van der Waals surface area (Å²) in [6, 6.07) is 20.0. The van der Waals surface area contributed by atoms with Gasteiger partial charge >= 0.3 is 0 Å². The highest BCUT2D eigenvalue weighted by Crippen LogP contribution is 2.28. The Labute approximate surface area is 202 Å². The second-order valence-electron chi connectivity index (χ2n) is 7.77. The molecule has 0 bridgehead atoms. The van der Waals surface area contributed by atoms with Crippen LogP contribution in [0.2, 0.25) is 0 Å². The van der Waals surface area contributed by atoms with E-state index in [2.05, 4.69) is 15.6 Å². The first-order valence-electron chi connectivity index (χ1n) is 11.1. The SMILES string of the molecule is COc1ccc(NC(=O)CCCc2ncc(-c3ccccc3)o2)cc1NC(=O)c1cccc(F)c1. The van der Waals surface area contributed by atoms with Crippen LogP contribution in [0.25, 0.3) is 11.3 Å². The quantitative estimate of drug-likeness (QED) is 0.325. The Kier molecular flexibility index (Phi) is 7.52. The molecule has 0 saturated carbocycles. The first-order chi connectivity index (χ1) is 17.0. The van der Waals surface area contributed by atoms with Gasteiger partial charge in [0.25, 0.3) is 5.91 Å². The Morgan fingerprint density at radius 2 is 1.83 bits per heavy atom. The van der Waals surface area contributed by atoms with Crippen molar-refractivity contribution in [3.05, 3.63) is 96.3 Å². The van der Waals surface area contributed by atoms with Crippen molar-refractivity contribution in [1.82, 2.24) is 4.98 Å². The van der Waals surface area contributed by atoms with Gasteiger partial charge in [0.05, 0.1) is 19.0 Å². The van der Waals surface area contributed by atoms with Gasteiger partial charge in [-0.05, 0) is 42.8 Å². The third-order valence-electron chi connectivity index (χ3n) is 5.22. The molecular formula is C27H24FN3O4. The van der Waals surface area contributed by atoms with Gasteiger partial charge in [0.1, 0.15) is 11.6 Å². The monoisotopic (exact) mass is 473 g/mol. The summed E-state index contributed by atoms with van der Waals surface area (Å²) in [5, 5.41) is 5.51. The first kappa shape index (κ1) is 23.7. The molecule has 8 heteroatoms. The summed E-state index contributed by atoms with van der Waals surface area (Å²) < 4.78 is 24.5. The van der Waals surface area contributed by atoms with Crippen molar-refractivity contribution in [3.8, 4) is 17.1 Å². The van der Waals surface area contributed by atoms with Crippen LogP contribution in [0.15, 0.2) is 83.4 Å². The molecule has 0 atom stereocenters. The summed E-state index contributed by atoms with van der Waals surface area (Å²) in [7, 11) is 1.47. The molecule has 0 aliphatic heterocycles.